The number of thioether (sulfide) groups is 1. The predicted octanol–water partition coefficient (Wildman–Crippen LogP) is -4.50. The predicted molar refractivity (Wildman–Crippen MR) is 482 cm³/mol. The van der Waals surface area contributed by atoms with Gasteiger partial charge in [0.05, 0.1) is 49.9 Å². The number of carboxylic acids is 1. The van der Waals surface area contributed by atoms with Gasteiger partial charge in [0, 0.05) is 119 Å². The lowest BCUT2D eigenvalue weighted by atomic mass is 10.00. The van der Waals surface area contributed by atoms with E-state index < -0.39 is 273 Å². The molecule has 3 aliphatic heterocycles. The van der Waals surface area contributed by atoms with Gasteiger partial charge in [-0.05, 0) is 80.0 Å². The van der Waals surface area contributed by atoms with Crippen LogP contribution in [0.25, 0.3) is 21.8 Å². The van der Waals surface area contributed by atoms with E-state index in [9.17, 15) is 78.0 Å². The normalized spacial score (nSPS) is 24.8. The van der Waals surface area contributed by atoms with Gasteiger partial charge in [-0.2, -0.15) is 0 Å². The van der Waals surface area contributed by atoms with Crippen molar-refractivity contribution in [1.82, 2.24) is 97.6 Å². The average molecular weight is 1880 g/mol. The van der Waals surface area contributed by atoms with E-state index in [1.54, 1.807) is 74.8 Å². The molecule has 15 atom stereocenters. The van der Waals surface area contributed by atoms with Crippen molar-refractivity contribution in [2.75, 3.05) is 58.9 Å². The number of rotatable bonds is 25. The maximum absolute atomic E-state index is 15.7. The molecule has 9 rings (SSSR count). The monoisotopic (exact) mass is 1880 g/mol. The molecule has 45 nitrogen and oxygen atoms in total. The van der Waals surface area contributed by atoms with Crippen molar-refractivity contribution in [3.8, 4) is 5.75 Å². The first-order valence-electron chi connectivity index (χ1n) is 44.0. The number of carbonyl (C=O) groups excluding carboxylic acids is 18. The average Bonchev–Trinajstić information content (AvgIpc) is 1.63. The summed E-state index contributed by atoms with van der Waals surface area (Å²) >= 11 is 0.693. The number of amides is 18. The van der Waals surface area contributed by atoms with Gasteiger partial charge in [0.1, 0.15) is 90.3 Å². The highest BCUT2D eigenvalue weighted by atomic mass is 32.2. The lowest BCUT2D eigenvalue weighted by molar-refractivity contribution is -0.149. The first-order valence-corrected chi connectivity index (χ1v) is 45.2. The highest BCUT2D eigenvalue weighted by molar-refractivity contribution is 8.00. The highest BCUT2D eigenvalue weighted by Crippen LogP contribution is 2.28. The van der Waals surface area contributed by atoms with Crippen molar-refractivity contribution in [2.24, 2.45) is 17.2 Å². The number of aromatic nitrogens is 4. The van der Waals surface area contributed by atoms with Gasteiger partial charge in [0.15, 0.2) is 0 Å². The number of primary amides is 3. The third kappa shape index (κ3) is 28.3. The molecule has 6 heterocycles. The lowest BCUT2D eigenvalue weighted by Crippen LogP contribution is -2.62. The Morgan fingerprint density at radius 3 is 1.60 bits per heavy atom. The molecule has 3 fully saturated rings. The molecule has 134 heavy (non-hydrogen) atoms. The summed E-state index contributed by atoms with van der Waals surface area (Å²) in [4.78, 5) is 292. The minimum Gasteiger partial charge on any atom is -0.508 e. The zero-order chi connectivity index (χ0) is 97.9. The molecule has 23 N–H and O–H groups in total. The summed E-state index contributed by atoms with van der Waals surface area (Å²) in [6.07, 6.45) is 0.332. The summed E-state index contributed by atoms with van der Waals surface area (Å²) in [6, 6.07) is -4.42. The number of para-hydroxylation sites is 2. The molecule has 0 bridgehead atoms. The van der Waals surface area contributed by atoms with Crippen molar-refractivity contribution < 1.29 is 112 Å². The molecule has 1 unspecified atom stereocenters. The second-order valence-electron chi connectivity index (χ2n) is 33.5. The van der Waals surface area contributed by atoms with Gasteiger partial charge in [0.25, 0.3) is 0 Å². The van der Waals surface area contributed by atoms with E-state index in [-0.39, 0.29) is 75.8 Å². The Hall–Kier alpha value is -14.1. The Bertz CT molecular complexity index is 5260. The second-order valence-corrected chi connectivity index (χ2v) is 34.5. The van der Waals surface area contributed by atoms with Gasteiger partial charge >= 0.3 is 5.97 Å². The molecular formula is C88H118N22O23S. The van der Waals surface area contributed by atoms with Crippen LogP contribution in [0.1, 0.15) is 127 Å². The number of hydrogen-bond donors (Lipinski definition) is 20. The molecular weight excluding hydrogens is 1770 g/mol. The Balaban J connectivity index is 1.10. The zero-order valence-electron chi connectivity index (χ0n) is 75.0. The summed E-state index contributed by atoms with van der Waals surface area (Å²) in [5.41, 5.74) is 19.4. The largest absolute Gasteiger partial charge is 0.508 e. The summed E-state index contributed by atoms with van der Waals surface area (Å²) in [7, 11) is 3.74. The number of nitrogens with two attached hydrogens (primary N) is 3. The van der Waals surface area contributed by atoms with Crippen LogP contribution >= 0.6 is 11.8 Å². The molecule has 6 aromatic rings. The first-order chi connectivity index (χ1) is 63.8. The Labute approximate surface area is 773 Å². The van der Waals surface area contributed by atoms with Crippen LogP contribution in [-0.2, 0) is 117 Å². The van der Waals surface area contributed by atoms with Crippen LogP contribution in [0, 0.1) is 0 Å². The fourth-order valence-corrected chi connectivity index (χ4v) is 17.1. The number of aliphatic carboxylic acids is 1. The van der Waals surface area contributed by atoms with Crippen molar-refractivity contribution in [3.05, 3.63) is 120 Å². The van der Waals surface area contributed by atoms with Crippen LogP contribution in [0.4, 0.5) is 0 Å². The molecule has 724 valence electrons. The van der Waals surface area contributed by atoms with Crippen molar-refractivity contribution >= 4 is 146 Å². The number of aromatic amines is 3. The molecule has 3 aromatic carbocycles. The number of aromatic hydroxyl groups is 1. The molecule has 3 aromatic heterocycles. The van der Waals surface area contributed by atoms with Crippen LogP contribution in [0.2, 0.25) is 0 Å². The van der Waals surface area contributed by atoms with E-state index in [1.165, 1.54) is 64.9 Å². The number of likely N-dealkylation sites (N-methyl/N-ethyl adjacent to an activating group) is 3. The van der Waals surface area contributed by atoms with Gasteiger partial charge < -0.3 is 130 Å². The highest BCUT2D eigenvalue weighted by Gasteiger charge is 2.47. The van der Waals surface area contributed by atoms with Gasteiger partial charge in [-0.3, -0.25) is 91.1 Å². The molecule has 0 spiro atoms. The van der Waals surface area contributed by atoms with Crippen LogP contribution in [-0.4, -0.2) is 327 Å². The zero-order valence-corrected chi connectivity index (χ0v) is 75.8. The number of nitrogens with zero attached hydrogens (tertiary/aromatic N) is 6. The van der Waals surface area contributed by atoms with Crippen LogP contribution in [0.5, 0.6) is 5.75 Å². The third-order valence-corrected chi connectivity index (χ3v) is 24.7. The van der Waals surface area contributed by atoms with Crippen molar-refractivity contribution in [1.29, 1.82) is 0 Å². The number of H-pyrrole nitrogens is 3. The summed E-state index contributed by atoms with van der Waals surface area (Å²) in [6.45, 7) is 2.08. The molecule has 0 aliphatic carbocycles. The molecule has 46 heteroatoms. The standard InChI is InChI=1S/C88H118N22O23S/c1-7-9-20-66-81(126)98-57(27-28-74(118)119)77(122)105-65(76(121)95-40-72(91)116)43-134-44-73(117)97-60(30-47-23-25-51(112)26-24-47)84(129)106(4)46(3)75(120)101-62(35-70(89)114)86(131)109-29-15-22-67(109)82(127)100-59(33-50-39-92-45-96-50)79(124)103-63(36-71(90)115)87(132)110-41-52(113)34-69(110)83(128)99-58(31-48-37-93-55-18-13-11-16-53(48)55)78(123)104-64(42-111)80(125)102-61(32-49-38-94-56-19-14-12-17-54(49)56)85(130)108(6)68(21-10-8-2)88(133)107(66)5/h11-14,16-19,23-26,37-39,45-46,52,57-69,93-94,111-113H,7-10,15,20-22,27-36,40-44H2,1-6H3,(H2,89,114)(H2,90,115)(H2,91,116)(H,92,96)(H,95,121)(H,97,117)(H,98,126)(H,99,128)(H,100,127)(H,101,120)(H,102,125)(H,103,124)(H,104,123)(H,105,122)(H,118,119)/t46-,52+,57-,58-,59-,60-,61-,62-,63-,64-,65?,66-,67-,68-,69-/m0/s1. The number of carbonyl (C=O) groups is 19. The molecule has 3 aliphatic rings. The molecule has 0 saturated carbocycles. The number of imidazole rings is 1. The fourth-order valence-electron chi connectivity index (χ4n) is 16.2. The molecule has 0 radical (unpaired) electrons. The Morgan fingerprint density at radius 2 is 1.03 bits per heavy atom. The van der Waals surface area contributed by atoms with Crippen LogP contribution < -0.4 is 70.4 Å². The quantitative estimate of drug-likeness (QED) is 0.0257. The van der Waals surface area contributed by atoms with Crippen molar-refractivity contribution in [3.63, 3.8) is 0 Å². The van der Waals surface area contributed by atoms with Crippen molar-refractivity contribution in [2.45, 2.75) is 221 Å². The smallest absolute Gasteiger partial charge is 0.303 e. The van der Waals surface area contributed by atoms with E-state index in [0.717, 1.165) is 24.5 Å². The molecule has 3 saturated heterocycles. The van der Waals surface area contributed by atoms with E-state index in [0.29, 0.717) is 63.1 Å². The summed E-state index contributed by atoms with van der Waals surface area (Å²) in [5.74, 6) is -21.7. The number of carboxylic acid groups (broad SMARTS) is 1. The fraction of sp³-hybridized carbons (Fsp3) is 0.500. The number of nitrogens with one attached hydrogen (secondary N) is 13. The number of phenols is 1. The molecule has 18 amide bonds. The van der Waals surface area contributed by atoms with Gasteiger partial charge in [-0.25, -0.2) is 4.98 Å². The van der Waals surface area contributed by atoms with E-state index in [1.807, 2.05) is 0 Å². The Morgan fingerprint density at radius 1 is 0.522 bits per heavy atom. The van der Waals surface area contributed by atoms with Gasteiger partial charge in [0.2, 0.25) is 106 Å². The van der Waals surface area contributed by atoms with E-state index in [4.69, 9.17) is 17.2 Å². The number of unbranched alkanes of at least 4 members (excludes halogenated alkanes) is 2. The minimum atomic E-state index is -1.97. The number of fused-ring (bicyclic) bond motifs is 4. The third-order valence-electron chi connectivity index (χ3n) is 23.7. The second kappa shape index (κ2) is 48.9. The number of benzene rings is 3. The van der Waals surface area contributed by atoms with Crippen LogP contribution in [0.3, 0.4) is 0 Å². The number of hydrogen-bond acceptors (Lipinski definition) is 24. The number of phenolic OH excluding ortho intramolecular Hbond substituents is 1. The maximum atomic E-state index is 15.7. The summed E-state index contributed by atoms with van der Waals surface area (Å²) < 4.78 is 0. The Kier molecular flexibility index (Phi) is 37.8. The summed E-state index contributed by atoms with van der Waals surface area (Å²) in [5, 5.41) is 69.2. The SMILES string of the molecule is CCCC[C@H]1C(=O)N(C)[C@@H](CCCC)C(=O)N[C@@H](CCC(=O)O)C(=O)NC(C(=O)NCC(N)=O)CSCC(=O)N[C@@H](Cc2ccc(O)cc2)C(=O)N(C)[C@@H](C)C(=O)N[C@@H](CC(N)=O)C(=O)N2CCC[C@H]2C(=O)N[C@@H](Cc2c[nH]cn2)C(=O)N[C@@H](CC(N)=O)C(=O)N2C[C@H](O)C[C@H]2C(=O)N[C@@H](Cc2c[nH]c3ccccc23)C(=O)N[C@@H](CO)C(=O)N[C@@H](Cc2c[nH]c3ccccc23)C(=O)N1C. The first kappa shape index (κ1) is 104. The maximum Gasteiger partial charge on any atom is 0.303 e. The number of aliphatic hydroxyl groups excluding tert-OH is 2. The minimum absolute atomic E-state index is 0.0639. The topological polar surface area (TPSA) is 680 Å². The van der Waals surface area contributed by atoms with Gasteiger partial charge in [-0.1, -0.05) is 88.1 Å². The van der Waals surface area contributed by atoms with E-state index in [2.05, 4.69) is 73.1 Å². The van der Waals surface area contributed by atoms with Crippen LogP contribution in [0.15, 0.2) is 97.7 Å². The number of aliphatic hydroxyl groups is 2. The lowest BCUT2D eigenvalue weighted by Gasteiger charge is -2.36. The van der Waals surface area contributed by atoms with E-state index >= 15 is 33.6 Å². The van der Waals surface area contributed by atoms with Gasteiger partial charge in [-0.15, -0.1) is 11.8 Å².